The molecule has 0 saturated carbocycles. The van der Waals surface area contributed by atoms with Gasteiger partial charge in [0, 0.05) is 10.0 Å². The fourth-order valence-corrected chi connectivity index (χ4v) is 2.37. The summed E-state index contributed by atoms with van der Waals surface area (Å²) in [6.07, 6.45) is 1.35. The second-order valence-corrected chi connectivity index (χ2v) is 5.56. The van der Waals surface area contributed by atoms with Gasteiger partial charge in [0.05, 0.1) is 11.8 Å². The standard InChI is InChI=1S/C16H11BrFN3O/c17-11-7-5-10(6-8-11)15(22)12-9-20-21(16(12)19)14-4-2-1-3-13(14)18/h1-9H,19H2. The Kier molecular flexibility index (Phi) is 3.77. The minimum atomic E-state index is -0.458. The molecule has 4 nitrogen and oxygen atoms in total. The normalized spacial score (nSPS) is 10.6. The van der Waals surface area contributed by atoms with Crippen LogP contribution >= 0.6 is 15.9 Å². The molecule has 2 N–H and O–H groups in total. The van der Waals surface area contributed by atoms with Crippen LogP contribution in [-0.2, 0) is 0 Å². The summed E-state index contributed by atoms with van der Waals surface area (Å²) in [5.74, 6) is -0.606. The molecule has 0 amide bonds. The van der Waals surface area contributed by atoms with Crippen LogP contribution in [-0.4, -0.2) is 15.6 Å². The van der Waals surface area contributed by atoms with E-state index >= 15 is 0 Å². The Balaban J connectivity index is 2.02. The quantitative estimate of drug-likeness (QED) is 0.727. The fraction of sp³-hybridized carbons (Fsp3) is 0. The van der Waals surface area contributed by atoms with Crippen molar-refractivity contribution in [1.29, 1.82) is 0 Å². The van der Waals surface area contributed by atoms with Crippen LogP contribution in [0.3, 0.4) is 0 Å². The molecule has 3 aromatic rings. The summed E-state index contributed by atoms with van der Waals surface area (Å²) in [5.41, 5.74) is 6.91. The number of carbonyl (C=O) groups excluding carboxylic acids is 1. The van der Waals surface area contributed by atoms with E-state index in [9.17, 15) is 9.18 Å². The van der Waals surface area contributed by atoms with Gasteiger partial charge >= 0.3 is 0 Å². The maximum atomic E-state index is 13.8. The van der Waals surface area contributed by atoms with E-state index < -0.39 is 5.82 Å². The lowest BCUT2D eigenvalue weighted by molar-refractivity contribution is 0.103. The van der Waals surface area contributed by atoms with Crippen molar-refractivity contribution in [3.05, 3.63) is 76.1 Å². The topological polar surface area (TPSA) is 60.9 Å². The van der Waals surface area contributed by atoms with Crippen molar-refractivity contribution in [2.45, 2.75) is 0 Å². The number of hydrogen-bond acceptors (Lipinski definition) is 3. The van der Waals surface area contributed by atoms with Crippen LogP contribution in [0.1, 0.15) is 15.9 Å². The molecule has 0 bridgehead atoms. The van der Waals surface area contributed by atoms with E-state index in [-0.39, 0.29) is 22.9 Å². The first-order valence-electron chi connectivity index (χ1n) is 6.46. The number of halogens is 2. The number of hydrogen-bond donors (Lipinski definition) is 1. The lowest BCUT2D eigenvalue weighted by Crippen LogP contribution is -2.08. The molecular formula is C16H11BrFN3O. The highest BCUT2D eigenvalue weighted by Crippen LogP contribution is 2.22. The summed E-state index contributed by atoms with van der Waals surface area (Å²) in [6.45, 7) is 0. The van der Waals surface area contributed by atoms with Crippen LogP contribution in [0.5, 0.6) is 0 Å². The molecule has 2 aromatic carbocycles. The van der Waals surface area contributed by atoms with Gasteiger partial charge in [-0.25, -0.2) is 9.07 Å². The molecule has 0 aliphatic heterocycles. The number of rotatable bonds is 3. The van der Waals surface area contributed by atoms with Crippen molar-refractivity contribution in [2.24, 2.45) is 0 Å². The highest BCUT2D eigenvalue weighted by atomic mass is 79.9. The van der Waals surface area contributed by atoms with Crippen molar-refractivity contribution in [3.8, 4) is 5.69 Å². The van der Waals surface area contributed by atoms with Crippen molar-refractivity contribution >= 4 is 27.5 Å². The molecule has 22 heavy (non-hydrogen) atoms. The second kappa shape index (κ2) is 5.73. The zero-order valence-electron chi connectivity index (χ0n) is 11.3. The summed E-state index contributed by atoms with van der Waals surface area (Å²) < 4.78 is 15.9. The summed E-state index contributed by atoms with van der Waals surface area (Å²) in [7, 11) is 0. The Hall–Kier alpha value is -2.47. The van der Waals surface area contributed by atoms with E-state index in [1.54, 1.807) is 42.5 Å². The largest absolute Gasteiger partial charge is 0.383 e. The van der Waals surface area contributed by atoms with Crippen LogP contribution in [0.25, 0.3) is 5.69 Å². The van der Waals surface area contributed by atoms with Gasteiger partial charge in [0.25, 0.3) is 0 Å². The number of para-hydroxylation sites is 1. The molecule has 110 valence electrons. The highest BCUT2D eigenvalue weighted by molar-refractivity contribution is 9.10. The number of aromatic nitrogens is 2. The highest BCUT2D eigenvalue weighted by Gasteiger charge is 2.18. The van der Waals surface area contributed by atoms with Crippen LogP contribution < -0.4 is 5.73 Å². The molecule has 0 unspecified atom stereocenters. The molecule has 1 heterocycles. The summed E-state index contributed by atoms with van der Waals surface area (Å²) in [5, 5.41) is 4.03. The van der Waals surface area contributed by atoms with E-state index in [0.717, 1.165) is 4.47 Å². The van der Waals surface area contributed by atoms with E-state index in [0.29, 0.717) is 5.56 Å². The summed E-state index contributed by atoms with van der Waals surface area (Å²) in [6, 6.07) is 13.0. The first kappa shape index (κ1) is 14.5. The molecule has 0 saturated heterocycles. The third kappa shape index (κ3) is 2.53. The van der Waals surface area contributed by atoms with Gasteiger partial charge in [-0.15, -0.1) is 0 Å². The first-order valence-corrected chi connectivity index (χ1v) is 7.26. The predicted octanol–water partition coefficient (Wildman–Crippen LogP) is 3.59. The number of carbonyl (C=O) groups is 1. The molecule has 0 fully saturated rings. The minimum Gasteiger partial charge on any atom is -0.383 e. The zero-order chi connectivity index (χ0) is 15.7. The van der Waals surface area contributed by atoms with Crippen molar-refractivity contribution in [2.75, 3.05) is 5.73 Å². The number of nitrogen functional groups attached to an aromatic ring is 1. The number of nitrogens with zero attached hydrogens (tertiary/aromatic N) is 2. The van der Waals surface area contributed by atoms with Gasteiger partial charge in [-0.05, 0) is 36.4 Å². The molecule has 6 heteroatoms. The maximum absolute atomic E-state index is 13.8. The first-order chi connectivity index (χ1) is 10.6. The smallest absolute Gasteiger partial charge is 0.198 e. The molecule has 0 radical (unpaired) electrons. The molecule has 0 aliphatic carbocycles. The molecule has 0 aliphatic rings. The van der Waals surface area contributed by atoms with Gasteiger partial charge in [-0.2, -0.15) is 5.10 Å². The van der Waals surface area contributed by atoms with Gasteiger partial charge in [-0.3, -0.25) is 4.79 Å². The Morgan fingerprint density at radius 3 is 2.50 bits per heavy atom. The van der Waals surface area contributed by atoms with Crippen LogP contribution in [0.15, 0.2) is 59.2 Å². The number of anilines is 1. The van der Waals surface area contributed by atoms with Gasteiger partial charge in [0.15, 0.2) is 5.78 Å². The van der Waals surface area contributed by atoms with E-state index in [2.05, 4.69) is 21.0 Å². The third-order valence-electron chi connectivity index (χ3n) is 3.24. The minimum absolute atomic E-state index is 0.109. The second-order valence-electron chi connectivity index (χ2n) is 4.64. The van der Waals surface area contributed by atoms with Crippen molar-refractivity contribution in [1.82, 2.24) is 9.78 Å². The Labute approximate surface area is 134 Å². The molecule has 0 atom stereocenters. The van der Waals surface area contributed by atoms with Gasteiger partial charge in [-0.1, -0.05) is 28.1 Å². The Morgan fingerprint density at radius 1 is 1.14 bits per heavy atom. The van der Waals surface area contributed by atoms with E-state index in [1.807, 2.05) is 0 Å². The van der Waals surface area contributed by atoms with Gasteiger partial charge in [0.1, 0.15) is 17.3 Å². The maximum Gasteiger partial charge on any atom is 0.198 e. The van der Waals surface area contributed by atoms with Crippen molar-refractivity contribution in [3.63, 3.8) is 0 Å². The van der Waals surface area contributed by atoms with Crippen LogP contribution in [0, 0.1) is 5.82 Å². The monoisotopic (exact) mass is 359 g/mol. The molecule has 3 rings (SSSR count). The average molecular weight is 360 g/mol. The number of ketones is 1. The van der Waals surface area contributed by atoms with Gasteiger partial charge in [0.2, 0.25) is 0 Å². The third-order valence-corrected chi connectivity index (χ3v) is 3.77. The predicted molar refractivity (Wildman–Crippen MR) is 85.5 cm³/mol. The average Bonchev–Trinajstić information content (AvgIpc) is 2.89. The number of benzene rings is 2. The number of nitrogens with two attached hydrogens (primary N) is 1. The Morgan fingerprint density at radius 2 is 1.82 bits per heavy atom. The zero-order valence-corrected chi connectivity index (χ0v) is 12.9. The Bertz CT molecular complexity index is 843. The molecular weight excluding hydrogens is 349 g/mol. The van der Waals surface area contributed by atoms with Crippen LogP contribution in [0.2, 0.25) is 0 Å². The van der Waals surface area contributed by atoms with E-state index in [1.165, 1.54) is 16.9 Å². The molecule has 1 aromatic heterocycles. The fourth-order valence-electron chi connectivity index (χ4n) is 2.11. The SMILES string of the molecule is Nc1c(C(=O)c2ccc(Br)cc2)cnn1-c1ccccc1F. The van der Waals surface area contributed by atoms with Gasteiger partial charge < -0.3 is 5.73 Å². The van der Waals surface area contributed by atoms with E-state index in [4.69, 9.17) is 5.73 Å². The summed E-state index contributed by atoms with van der Waals surface area (Å²) in [4.78, 5) is 12.5. The lowest BCUT2D eigenvalue weighted by atomic mass is 10.1. The lowest BCUT2D eigenvalue weighted by Gasteiger charge is -2.06. The van der Waals surface area contributed by atoms with Crippen molar-refractivity contribution < 1.29 is 9.18 Å². The van der Waals surface area contributed by atoms with Crippen LogP contribution in [0.4, 0.5) is 10.2 Å². The summed E-state index contributed by atoms with van der Waals surface area (Å²) >= 11 is 3.31. The molecule has 0 spiro atoms.